The monoisotopic (exact) mass is 415 g/mol. The molecule has 0 saturated carbocycles. The maximum absolute atomic E-state index is 13.1. The van der Waals surface area contributed by atoms with Crippen LogP contribution >= 0.6 is 11.8 Å². The van der Waals surface area contributed by atoms with Gasteiger partial charge in [-0.3, -0.25) is 19.8 Å². The van der Waals surface area contributed by atoms with Crippen molar-refractivity contribution in [2.75, 3.05) is 26.5 Å². The van der Waals surface area contributed by atoms with Crippen molar-refractivity contribution in [1.29, 1.82) is 0 Å². The first kappa shape index (κ1) is 20.7. The van der Waals surface area contributed by atoms with Gasteiger partial charge in [0.2, 0.25) is 0 Å². The molecule has 1 fully saturated rings. The normalized spacial score (nSPS) is 15.3. The topological polar surface area (TPSA) is 94.3 Å². The zero-order valence-corrected chi connectivity index (χ0v) is 17.2. The molecule has 1 amide bonds. The van der Waals surface area contributed by atoms with E-state index in [0.717, 1.165) is 12.2 Å². The second kappa shape index (κ2) is 8.95. The van der Waals surface area contributed by atoms with E-state index in [1.54, 1.807) is 50.3 Å². The van der Waals surface area contributed by atoms with E-state index < -0.39 is 4.92 Å². The highest BCUT2D eigenvalue weighted by Crippen LogP contribution is 2.34. The lowest BCUT2D eigenvalue weighted by Crippen LogP contribution is -2.39. The third-order valence-corrected chi connectivity index (χ3v) is 5.54. The number of aryl methyl sites for hydroxylation is 1. The van der Waals surface area contributed by atoms with Crippen LogP contribution in [0.15, 0.2) is 41.4 Å². The van der Waals surface area contributed by atoms with Crippen LogP contribution in [0.3, 0.4) is 0 Å². The minimum absolute atomic E-state index is 0.00965. The fourth-order valence-corrected chi connectivity index (χ4v) is 3.93. The van der Waals surface area contributed by atoms with Gasteiger partial charge in [0.1, 0.15) is 17.2 Å². The van der Waals surface area contributed by atoms with E-state index in [1.807, 2.05) is 0 Å². The van der Waals surface area contributed by atoms with Crippen molar-refractivity contribution < 1.29 is 19.2 Å². The average Bonchev–Trinajstić information content (AvgIpc) is 2.73. The number of aliphatic imine (C=N–C) groups is 1. The Bertz CT molecular complexity index is 977. The molecule has 3 rings (SSSR count). The first-order valence-corrected chi connectivity index (χ1v) is 9.93. The second-order valence-electron chi connectivity index (χ2n) is 6.35. The minimum atomic E-state index is -0.456. The number of ether oxygens (including phenoxy) is 2. The van der Waals surface area contributed by atoms with Crippen molar-refractivity contribution in [2.24, 2.45) is 4.99 Å². The number of thioether (sulfide) groups is 1. The Hall–Kier alpha value is -3.07. The number of amidine groups is 1. The van der Waals surface area contributed by atoms with Gasteiger partial charge in [-0.05, 0) is 37.6 Å². The van der Waals surface area contributed by atoms with Crippen molar-refractivity contribution in [3.05, 3.63) is 57.6 Å². The van der Waals surface area contributed by atoms with E-state index in [-0.39, 0.29) is 11.6 Å². The summed E-state index contributed by atoms with van der Waals surface area (Å²) in [4.78, 5) is 30.0. The number of nitro groups is 1. The molecule has 29 heavy (non-hydrogen) atoms. The molecule has 0 radical (unpaired) electrons. The summed E-state index contributed by atoms with van der Waals surface area (Å²) in [5.41, 5.74) is 1.39. The van der Waals surface area contributed by atoms with E-state index in [4.69, 9.17) is 9.47 Å². The molecule has 1 heterocycles. The van der Waals surface area contributed by atoms with Crippen LogP contribution in [0.1, 0.15) is 22.3 Å². The number of methoxy groups -OCH3 is 2. The summed E-state index contributed by atoms with van der Waals surface area (Å²) in [5, 5.41) is 11.6. The SMILES string of the molecule is COc1ccc(OC)c(N=C2SCCCN2C(=O)c2ccc([N+](=O)[O-])c(C)c2)c1. The lowest BCUT2D eigenvalue weighted by atomic mass is 10.1. The minimum Gasteiger partial charge on any atom is -0.497 e. The second-order valence-corrected chi connectivity index (χ2v) is 7.41. The largest absolute Gasteiger partial charge is 0.497 e. The summed E-state index contributed by atoms with van der Waals surface area (Å²) in [6.45, 7) is 2.14. The summed E-state index contributed by atoms with van der Waals surface area (Å²) < 4.78 is 10.6. The fraction of sp³-hybridized carbons (Fsp3) is 0.300. The molecule has 0 N–H and O–H groups in total. The molecule has 152 valence electrons. The first-order valence-electron chi connectivity index (χ1n) is 8.95. The van der Waals surface area contributed by atoms with Gasteiger partial charge in [0.15, 0.2) is 5.17 Å². The average molecular weight is 415 g/mol. The molecule has 1 aliphatic rings. The van der Waals surface area contributed by atoms with Crippen molar-refractivity contribution in [3.8, 4) is 11.5 Å². The molecule has 0 aliphatic carbocycles. The molecule has 9 heteroatoms. The van der Waals surface area contributed by atoms with Crippen LogP contribution in [0.4, 0.5) is 11.4 Å². The zero-order chi connectivity index (χ0) is 21.0. The van der Waals surface area contributed by atoms with Crippen LogP contribution in [0.5, 0.6) is 11.5 Å². The van der Waals surface area contributed by atoms with Crippen LogP contribution < -0.4 is 9.47 Å². The van der Waals surface area contributed by atoms with Crippen molar-refractivity contribution in [3.63, 3.8) is 0 Å². The van der Waals surface area contributed by atoms with Gasteiger partial charge in [0, 0.05) is 35.6 Å². The number of nitrogens with zero attached hydrogens (tertiary/aromatic N) is 3. The lowest BCUT2D eigenvalue weighted by Gasteiger charge is -2.28. The van der Waals surface area contributed by atoms with E-state index in [1.165, 1.54) is 23.9 Å². The summed E-state index contributed by atoms with van der Waals surface area (Å²) >= 11 is 1.48. The van der Waals surface area contributed by atoms with Crippen LogP contribution in [0.25, 0.3) is 0 Å². The molecule has 0 spiro atoms. The molecule has 1 aliphatic heterocycles. The smallest absolute Gasteiger partial charge is 0.272 e. The van der Waals surface area contributed by atoms with Gasteiger partial charge in [-0.25, -0.2) is 4.99 Å². The molecule has 0 aromatic heterocycles. The number of benzene rings is 2. The quantitative estimate of drug-likeness (QED) is 0.537. The highest BCUT2D eigenvalue weighted by Gasteiger charge is 2.26. The van der Waals surface area contributed by atoms with Crippen molar-refractivity contribution in [1.82, 2.24) is 4.90 Å². The molecular weight excluding hydrogens is 394 g/mol. The zero-order valence-electron chi connectivity index (χ0n) is 16.4. The standard InChI is InChI=1S/C20H21N3O5S/c1-13-11-14(5-7-17(13)23(25)26)19(24)22-9-4-10-29-20(22)21-16-12-15(27-2)6-8-18(16)28-3/h5-8,11-12H,4,9-10H2,1-3H3. The number of hydrogen-bond acceptors (Lipinski definition) is 7. The predicted octanol–water partition coefficient (Wildman–Crippen LogP) is 4.19. The summed E-state index contributed by atoms with van der Waals surface area (Å²) in [7, 11) is 3.13. The molecule has 8 nitrogen and oxygen atoms in total. The van der Waals surface area contributed by atoms with Crippen LogP contribution in [-0.2, 0) is 0 Å². The summed E-state index contributed by atoms with van der Waals surface area (Å²) in [6, 6.07) is 9.68. The predicted molar refractivity (Wildman–Crippen MR) is 113 cm³/mol. The molecule has 0 bridgehead atoms. The highest BCUT2D eigenvalue weighted by molar-refractivity contribution is 8.13. The van der Waals surface area contributed by atoms with Crippen LogP contribution in [0, 0.1) is 17.0 Å². The van der Waals surface area contributed by atoms with Gasteiger partial charge in [-0.2, -0.15) is 0 Å². The Balaban J connectivity index is 1.96. The molecular formula is C20H21N3O5S. The number of amides is 1. The molecule has 0 unspecified atom stereocenters. The van der Waals surface area contributed by atoms with Gasteiger partial charge >= 0.3 is 0 Å². The maximum atomic E-state index is 13.1. The Morgan fingerprint density at radius 1 is 1.21 bits per heavy atom. The molecule has 1 saturated heterocycles. The number of rotatable bonds is 5. The van der Waals surface area contributed by atoms with E-state index in [0.29, 0.717) is 40.0 Å². The maximum Gasteiger partial charge on any atom is 0.272 e. The van der Waals surface area contributed by atoms with E-state index in [2.05, 4.69) is 4.99 Å². The Morgan fingerprint density at radius 2 is 2.00 bits per heavy atom. The third kappa shape index (κ3) is 4.51. The summed E-state index contributed by atoms with van der Waals surface area (Å²) in [6.07, 6.45) is 0.830. The number of carbonyl (C=O) groups excluding carboxylic acids is 1. The van der Waals surface area contributed by atoms with Crippen molar-refractivity contribution >= 4 is 34.2 Å². The third-order valence-electron chi connectivity index (χ3n) is 4.48. The number of carbonyl (C=O) groups is 1. The first-order chi connectivity index (χ1) is 13.9. The van der Waals surface area contributed by atoms with E-state index in [9.17, 15) is 14.9 Å². The van der Waals surface area contributed by atoms with Gasteiger partial charge in [0.05, 0.1) is 19.1 Å². The van der Waals surface area contributed by atoms with Crippen molar-refractivity contribution in [2.45, 2.75) is 13.3 Å². The van der Waals surface area contributed by atoms with Crippen LogP contribution in [-0.4, -0.2) is 47.4 Å². The van der Waals surface area contributed by atoms with Crippen LogP contribution in [0.2, 0.25) is 0 Å². The lowest BCUT2D eigenvalue weighted by molar-refractivity contribution is -0.385. The Morgan fingerprint density at radius 3 is 2.66 bits per heavy atom. The van der Waals surface area contributed by atoms with Gasteiger partial charge in [0.25, 0.3) is 11.6 Å². The van der Waals surface area contributed by atoms with Gasteiger partial charge < -0.3 is 9.47 Å². The number of nitro benzene ring substituents is 1. The van der Waals surface area contributed by atoms with E-state index >= 15 is 0 Å². The highest BCUT2D eigenvalue weighted by atomic mass is 32.2. The number of hydrogen-bond donors (Lipinski definition) is 0. The van der Waals surface area contributed by atoms with Gasteiger partial charge in [-0.1, -0.05) is 11.8 Å². The Labute approximate surface area is 172 Å². The summed E-state index contributed by atoms with van der Waals surface area (Å²) in [5.74, 6) is 1.81. The molecule has 2 aromatic carbocycles. The fourth-order valence-electron chi connectivity index (χ4n) is 2.98. The van der Waals surface area contributed by atoms with Gasteiger partial charge in [-0.15, -0.1) is 0 Å². The Kier molecular flexibility index (Phi) is 6.38. The molecule has 2 aromatic rings. The molecule has 0 atom stereocenters.